The van der Waals surface area contributed by atoms with Crippen LogP contribution in [-0.4, -0.2) is 6.10 Å². The minimum absolute atomic E-state index is 0.188. The Bertz CT molecular complexity index is 28.0. The molecule has 0 saturated carbocycles. The third-order valence-electron chi connectivity index (χ3n) is 0.329. The lowest BCUT2D eigenvalue weighted by molar-refractivity contribution is -0.326. The van der Waals surface area contributed by atoms with Gasteiger partial charge in [0, 0.05) is 0 Å². The second kappa shape index (κ2) is 3.06. The molecule has 0 N–H and O–H groups in total. The van der Waals surface area contributed by atoms with E-state index in [0.29, 0.717) is 0 Å². The molecule has 6 heavy (non-hydrogen) atoms. The molecule has 0 aromatic rings. The van der Waals surface area contributed by atoms with Crippen LogP contribution in [0.3, 0.4) is 0 Å². The third kappa shape index (κ3) is 2.11. The molecule has 0 aliphatic heterocycles. The molecule has 0 amide bonds. The molecule has 0 bridgehead atoms. The van der Waals surface area contributed by atoms with Crippen LogP contribution in [0.15, 0.2) is 0 Å². The summed E-state index contributed by atoms with van der Waals surface area (Å²) in [7, 11) is 0. The van der Waals surface area contributed by atoms with Crippen molar-refractivity contribution < 1.29 is 14.5 Å². The van der Waals surface area contributed by atoms with Crippen LogP contribution in [-0.2, 0) is 10.1 Å². The SMILES string of the molecule is CC([CH]F)O[O]. The van der Waals surface area contributed by atoms with Gasteiger partial charge in [0.2, 0.25) is 0 Å². The number of hydrogen-bond acceptors (Lipinski definition) is 1. The summed E-state index contributed by atoms with van der Waals surface area (Å²) in [5.41, 5.74) is 0. The maximum Gasteiger partial charge on any atom is 0.163 e. The Morgan fingerprint density at radius 1 is 2.00 bits per heavy atom. The number of halogens is 1. The number of rotatable bonds is 2. The van der Waals surface area contributed by atoms with Crippen molar-refractivity contribution in [3.8, 4) is 0 Å². The first kappa shape index (κ1) is 5.85. The molecular formula is C3H5FO2. The van der Waals surface area contributed by atoms with Crippen molar-refractivity contribution in [3.05, 3.63) is 6.67 Å². The summed E-state index contributed by atoms with van der Waals surface area (Å²) >= 11 is 0. The van der Waals surface area contributed by atoms with Crippen LogP contribution in [0.25, 0.3) is 0 Å². The first-order valence-corrected chi connectivity index (χ1v) is 1.53. The van der Waals surface area contributed by atoms with Gasteiger partial charge in [0.1, 0.15) is 6.10 Å². The standard InChI is InChI=1S/C3H5FO2/c1-3(2-4)6-5/h2-3H,1H3. The average Bonchev–Trinajstić information content (AvgIpc) is 1.65. The summed E-state index contributed by atoms with van der Waals surface area (Å²) in [6, 6.07) is 0. The van der Waals surface area contributed by atoms with Gasteiger partial charge in [0.25, 0.3) is 0 Å². The molecule has 0 aromatic heterocycles. The molecule has 36 valence electrons. The van der Waals surface area contributed by atoms with E-state index in [9.17, 15) is 4.39 Å². The molecule has 0 aliphatic carbocycles. The molecule has 0 aromatic carbocycles. The molecule has 3 heteroatoms. The Morgan fingerprint density at radius 2 is 2.50 bits per heavy atom. The second-order valence-corrected chi connectivity index (χ2v) is 0.927. The van der Waals surface area contributed by atoms with Crippen LogP contribution >= 0.6 is 0 Å². The number of hydrogen-bond donors (Lipinski definition) is 0. The topological polar surface area (TPSA) is 29.1 Å². The maximum atomic E-state index is 10.9. The van der Waals surface area contributed by atoms with E-state index in [4.69, 9.17) is 5.26 Å². The molecule has 1 atom stereocenters. The van der Waals surface area contributed by atoms with Gasteiger partial charge in [-0.1, -0.05) is 0 Å². The highest BCUT2D eigenvalue weighted by Crippen LogP contribution is 1.91. The Hall–Kier alpha value is -0.150. The fourth-order valence-electron chi connectivity index (χ4n) is 0.0210. The molecule has 0 rings (SSSR count). The zero-order chi connectivity index (χ0) is 4.99. The van der Waals surface area contributed by atoms with Gasteiger partial charge < -0.3 is 0 Å². The van der Waals surface area contributed by atoms with Gasteiger partial charge in [0.05, 0.1) is 0 Å². The van der Waals surface area contributed by atoms with Crippen molar-refractivity contribution in [3.63, 3.8) is 0 Å². The maximum absolute atomic E-state index is 10.9. The Labute approximate surface area is 35.5 Å². The van der Waals surface area contributed by atoms with Gasteiger partial charge in [-0.05, 0) is 12.2 Å². The minimum Gasteiger partial charge on any atom is -0.241 e. The van der Waals surface area contributed by atoms with Gasteiger partial charge in [0.15, 0.2) is 6.67 Å². The van der Waals surface area contributed by atoms with E-state index >= 15 is 0 Å². The van der Waals surface area contributed by atoms with Gasteiger partial charge >= 0.3 is 0 Å². The summed E-state index contributed by atoms with van der Waals surface area (Å²) in [6.07, 6.45) is -0.912. The van der Waals surface area contributed by atoms with Crippen molar-refractivity contribution in [2.24, 2.45) is 0 Å². The predicted molar refractivity (Wildman–Crippen MR) is 16.6 cm³/mol. The van der Waals surface area contributed by atoms with E-state index in [-0.39, 0.29) is 6.67 Å². The second-order valence-electron chi connectivity index (χ2n) is 0.927. The summed E-state index contributed by atoms with van der Waals surface area (Å²) in [5.74, 6) is 0. The predicted octanol–water partition coefficient (Wildman–Crippen LogP) is 0.868. The zero-order valence-electron chi connectivity index (χ0n) is 3.35. The minimum atomic E-state index is -0.912. The van der Waals surface area contributed by atoms with Crippen LogP contribution in [0.2, 0.25) is 0 Å². The van der Waals surface area contributed by atoms with Crippen LogP contribution < -0.4 is 0 Å². The first-order chi connectivity index (χ1) is 2.81. The molecule has 0 heterocycles. The van der Waals surface area contributed by atoms with Gasteiger partial charge in [-0.15, -0.1) is 0 Å². The molecule has 0 saturated heterocycles. The van der Waals surface area contributed by atoms with Crippen LogP contribution in [0, 0.1) is 6.67 Å². The highest BCUT2D eigenvalue weighted by molar-refractivity contribution is 4.54. The zero-order valence-corrected chi connectivity index (χ0v) is 3.35. The van der Waals surface area contributed by atoms with Crippen molar-refractivity contribution >= 4 is 0 Å². The quantitative estimate of drug-likeness (QED) is 0.367. The van der Waals surface area contributed by atoms with Gasteiger partial charge in [-0.2, -0.15) is 4.89 Å². The lowest BCUT2D eigenvalue weighted by atomic mass is 10.5. The summed E-state index contributed by atoms with van der Waals surface area (Å²) in [4.78, 5) is 3.22. The van der Waals surface area contributed by atoms with Crippen LogP contribution in [0.5, 0.6) is 0 Å². The first-order valence-electron chi connectivity index (χ1n) is 1.53. The lowest BCUT2D eigenvalue weighted by Crippen LogP contribution is -1.99. The summed E-state index contributed by atoms with van der Waals surface area (Å²) in [5, 5.41) is 9.09. The Balaban J connectivity index is 2.75. The average molecular weight is 92.1 g/mol. The van der Waals surface area contributed by atoms with Crippen molar-refractivity contribution in [2.45, 2.75) is 13.0 Å². The highest BCUT2D eigenvalue weighted by Gasteiger charge is 1.97. The summed E-state index contributed by atoms with van der Waals surface area (Å²) in [6.45, 7) is 1.50. The largest absolute Gasteiger partial charge is 0.241 e. The molecule has 0 spiro atoms. The van der Waals surface area contributed by atoms with Crippen LogP contribution in [0.1, 0.15) is 6.92 Å². The van der Waals surface area contributed by atoms with Crippen molar-refractivity contribution in [2.75, 3.05) is 0 Å². The van der Waals surface area contributed by atoms with Gasteiger partial charge in [-0.25, -0.2) is 4.39 Å². The third-order valence-corrected chi connectivity index (χ3v) is 0.329. The monoisotopic (exact) mass is 92.0 g/mol. The molecule has 2 radical (unpaired) electrons. The van der Waals surface area contributed by atoms with E-state index in [0.717, 1.165) is 0 Å². The van der Waals surface area contributed by atoms with E-state index in [1.165, 1.54) is 6.92 Å². The highest BCUT2D eigenvalue weighted by atomic mass is 19.1. The molecule has 2 nitrogen and oxygen atoms in total. The van der Waals surface area contributed by atoms with E-state index in [1.54, 1.807) is 0 Å². The molecule has 1 unspecified atom stereocenters. The molecular weight excluding hydrogens is 87.0 g/mol. The van der Waals surface area contributed by atoms with Crippen LogP contribution in [0.4, 0.5) is 4.39 Å². The van der Waals surface area contributed by atoms with Gasteiger partial charge in [-0.3, -0.25) is 0 Å². The Morgan fingerprint density at radius 3 is 2.50 bits per heavy atom. The molecule has 0 fully saturated rings. The smallest absolute Gasteiger partial charge is 0.163 e. The molecule has 0 aliphatic rings. The van der Waals surface area contributed by atoms with E-state index in [1.807, 2.05) is 0 Å². The van der Waals surface area contributed by atoms with Crippen molar-refractivity contribution in [1.82, 2.24) is 0 Å². The van der Waals surface area contributed by atoms with E-state index in [2.05, 4.69) is 4.89 Å². The fraction of sp³-hybridized carbons (Fsp3) is 0.667. The Kier molecular flexibility index (Phi) is 2.98. The lowest BCUT2D eigenvalue weighted by Gasteiger charge is -1.92. The van der Waals surface area contributed by atoms with Crippen molar-refractivity contribution in [1.29, 1.82) is 0 Å². The van der Waals surface area contributed by atoms with E-state index < -0.39 is 6.10 Å². The summed E-state index contributed by atoms with van der Waals surface area (Å²) < 4.78 is 10.9. The normalized spacial score (nSPS) is 14.5. The fourth-order valence-corrected chi connectivity index (χ4v) is 0.0210.